The summed E-state index contributed by atoms with van der Waals surface area (Å²) >= 11 is 0. The number of nitrogens with one attached hydrogen (secondary N) is 1. The van der Waals surface area contributed by atoms with Gasteiger partial charge in [-0.3, -0.25) is 4.79 Å². The third-order valence-electron chi connectivity index (χ3n) is 5.16. The van der Waals surface area contributed by atoms with Crippen molar-refractivity contribution in [3.63, 3.8) is 0 Å². The van der Waals surface area contributed by atoms with Crippen molar-refractivity contribution in [2.45, 2.75) is 13.8 Å². The number of benzene rings is 3. The minimum atomic E-state index is -0.208. The number of ether oxygens (including phenoxy) is 3. The Labute approximate surface area is 198 Å². The van der Waals surface area contributed by atoms with Crippen LogP contribution in [0, 0.1) is 0 Å². The largest absolute Gasteiger partial charge is 0.494 e. The third kappa shape index (κ3) is 5.43. The topological polar surface area (TPSA) is 82.6 Å². The van der Waals surface area contributed by atoms with Crippen molar-refractivity contribution in [2.24, 2.45) is 0 Å². The lowest BCUT2D eigenvalue weighted by Gasteiger charge is -2.13. The molecular formula is C27H27N3O4. The van der Waals surface area contributed by atoms with E-state index in [0.29, 0.717) is 37.0 Å². The van der Waals surface area contributed by atoms with Gasteiger partial charge in [-0.2, -0.15) is 0 Å². The molecule has 0 atom stereocenters. The summed E-state index contributed by atoms with van der Waals surface area (Å²) in [6.45, 7) is 5.53. The van der Waals surface area contributed by atoms with Gasteiger partial charge in [-0.1, -0.05) is 30.3 Å². The van der Waals surface area contributed by atoms with Crippen molar-refractivity contribution < 1.29 is 19.0 Å². The van der Waals surface area contributed by atoms with Crippen LogP contribution in [-0.4, -0.2) is 42.5 Å². The zero-order chi connectivity index (χ0) is 23.8. The number of nitrogens with zero attached hydrogens (tertiary/aromatic N) is 2. The number of hydrogen-bond donors (Lipinski definition) is 1. The average Bonchev–Trinajstić information content (AvgIpc) is 2.87. The molecule has 0 radical (unpaired) electrons. The van der Waals surface area contributed by atoms with Gasteiger partial charge in [-0.25, -0.2) is 0 Å². The maximum Gasteiger partial charge on any atom is 0.255 e. The molecule has 1 N–H and O–H groups in total. The quantitative estimate of drug-likeness (QED) is 0.341. The fourth-order valence-corrected chi connectivity index (χ4v) is 3.61. The highest BCUT2D eigenvalue weighted by Gasteiger charge is 2.16. The number of amides is 1. The number of rotatable bonds is 10. The van der Waals surface area contributed by atoms with Crippen molar-refractivity contribution in [3.8, 4) is 28.6 Å². The monoisotopic (exact) mass is 457 g/mol. The lowest BCUT2D eigenvalue weighted by Crippen LogP contribution is -2.28. The molecule has 0 aliphatic heterocycles. The molecule has 0 bridgehead atoms. The summed E-state index contributed by atoms with van der Waals surface area (Å²) < 4.78 is 16.8. The van der Waals surface area contributed by atoms with E-state index in [4.69, 9.17) is 14.2 Å². The zero-order valence-corrected chi connectivity index (χ0v) is 19.3. The van der Waals surface area contributed by atoms with Crippen LogP contribution in [0.2, 0.25) is 0 Å². The minimum absolute atomic E-state index is 0.208. The molecule has 1 amide bonds. The van der Waals surface area contributed by atoms with Crippen LogP contribution in [-0.2, 0) is 0 Å². The Morgan fingerprint density at radius 1 is 0.824 bits per heavy atom. The Morgan fingerprint density at radius 3 is 2.35 bits per heavy atom. The number of carbonyl (C=O) groups is 1. The number of hydrogen-bond acceptors (Lipinski definition) is 6. The Kier molecular flexibility index (Phi) is 7.55. The van der Waals surface area contributed by atoms with Crippen LogP contribution in [0.4, 0.5) is 0 Å². The van der Waals surface area contributed by atoms with E-state index in [1.54, 1.807) is 6.07 Å². The fraction of sp³-hybridized carbons (Fsp3) is 0.222. The van der Waals surface area contributed by atoms with Gasteiger partial charge in [0.05, 0.1) is 31.0 Å². The highest BCUT2D eigenvalue weighted by Crippen LogP contribution is 2.28. The van der Waals surface area contributed by atoms with E-state index in [2.05, 4.69) is 15.5 Å². The molecule has 4 aromatic rings. The van der Waals surface area contributed by atoms with E-state index < -0.39 is 0 Å². The van der Waals surface area contributed by atoms with Gasteiger partial charge in [-0.05, 0) is 61.0 Å². The molecule has 1 heterocycles. The minimum Gasteiger partial charge on any atom is -0.494 e. The standard InChI is InChI=1S/C27H27N3O4/c1-3-32-21-12-9-20(10-13-21)23-14-16-25(30-29-23)34-18-17-28-27(31)26-22-8-6-5-7-19(22)11-15-24(26)33-4-2/h5-16H,3-4,17-18H2,1-2H3,(H,28,31). The second kappa shape index (κ2) is 11.1. The van der Waals surface area contributed by atoms with Gasteiger partial charge in [0.1, 0.15) is 18.1 Å². The van der Waals surface area contributed by atoms with Crippen LogP contribution >= 0.6 is 0 Å². The molecule has 0 saturated heterocycles. The van der Waals surface area contributed by atoms with Gasteiger partial charge in [0, 0.05) is 11.6 Å². The van der Waals surface area contributed by atoms with Crippen LogP contribution in [0.1, 0.15) is 24.2 Å². The van der Waals surface area contributed by atoms with Crippen molar-refractivity contribution in [1.29, 1.82) is 0 Å². The average molecular weight is 458 g/mol. The maximum atomic E-state index is 12.9. The molecule has 0 aliphatic carbocycles. The molecular weight excluding hydrogens is 430 g/mol. The van der Waals surface area contributed by atoms with Gasteiger partial charge < -0.3 is 19.5 Å². The zero-order valence-electron chi connectivity index (χ0n) is 19.3. The molecule has 0 spiro atoms. The third-order valence-corrected chi connectivity index (χ3v) is 5.16. The van der Waals surface area contributed by atoms with E-state index in [9.17, 15) is 4.79 Å². The van der Waals surface area contributed by atoms with Crippen LogP contribution in [0.15, 0.2) is 72.8 Å². The molecule has 0 aliphatic rings. The van der Waals surface area contributed by atoms with Crippen LogP contribution in [0.5, 0.6) is 17.4 Å². The number of carbonyl (C=O) groups excluding carboxylic acids is 1. The summed E-state index contributed by atoms with van der Waals surface area (Å²) in [7, 11) is 0. The van der Waals surface area contributed by atoms with E-state index in [0.717, 1.165) is 27.8 Å². The van der Waals surface area contributed by atoms with Gasteiger partial charge in [0.25, 0.3) is 5.91 Å². The second-order valence-corrected chi connectivity index (χ2v) is 7.41. The summed E-state index contributed by atoms with van der Waals surface area (Å²) in [5, 5.41) is 13.1. The predicted octanol–water partition coefficient (Wildman–Crippen LogP) is 4.90. The van der Waals surface area contributed by atoms with Crippen molar-refractivity contribution in [2.75, 3.05) is 26.4 Å². The summed E-state index contributed by atoms with van der Waals surface area (Å²) in [6.07, 6.45) is 0. The second-order valence-electron chi connectivity index (χ2n) is 7.41. The van der Waals surface area contributed by atoms with E-state index >= 15 is 0 Å². The molecule has 7 heteroatoms. The molecule has 0 saturated carbocycles. The SMILES string of the molecule is CCOc1ccc(-c2ccc(OCCNC(=O)c3c(OCC)ccc4ccccc34)nn2)cc1. The Bertz CT molecular complexity index is 1240. The van der Waals surface area contributed by atoms with E-state index in [-0.39, 0.29) is 12.5 Å². The molecule has 3 aromatic carbocycles. The van der Waals surface area contributed by atoms with Crippen LogP contribution < -0.4 is 19.5 Å². The normalized spacial score (nSPS) is 10.6. The Balaban J connectivity index is 1.34. The smallest absolute Gasteiger partial charge is 0.255 e. The lowest BCUT2D eigenvalue weighted by molar-refractivity contribution is 0.0944. The first-order valence-corrected chi connectivity index (χ1v) is 11.3. The summed E-state index contributed by atoms with van der Waals surface area (Å²) in [4.78, 5) is 12.9. The van der Waals surface area contributed by atoms with Gasteiger partial charge >= 0.3 is 0 Å². The fourth-order valence-electron chi connectivity index (χ4n) is 3.61. The van der Waals surface area contributed by atoms with E-state index in [1.165, 1.54) is 0 Å². The lowest BCUT2D eigenvalue weighted by atomic mass is 10.0. The van der Waals surface area contributed by atoms with Crippen molar-refractivity contribution >= 4 is 16.7 Å². The molecule has 7 nitrogen and oxygen atoms in total. The van der Waals surface area contributed by atoms with Gasteiger partial charge in [0.2, 0.25) is 5.88 Å². The molecule has 0 fully saturated rings. The van der Waals surface area contributed by atoms with Gasteiger partial charge in [0.15, 0.2) is 0 Å². The van der Waals surface area contributed by atoms with Gasteiger partial charge in [-0.15, -0.1) is 10.2 Å². The van der Waals surface area contributed by atoms with E-state index in [1.807, 2.05) is 80.6 Å². The molecule has 34 heavy (non-hydrogen) atoms. The molecule has 1 aromatic heterocycles. The first-order chi connectivity index (χ1) is 16.7. The first-order valence-electron chi connectivity index (χ1n) is 11.3. The number of aromatic nitrogens is 2. The van der Waals surface area contributed by atoms with Crippen molar-refractivity contribution in [3.05, 3.63) is 78.4 Å². The molecule has 174 valence electrons. The first kappa shape index (κ1) is 23.0. The number of fused-ring (bicyclic) bond motifs is 1. The summed E-state index contributed by atoms with van der Waals surface area (Å²) in [5.41, 5.74) is 2.21. The molecule has 4 rings (SSSR count). The summed E-state index contributed by atoms with van der Waals surface area (Å²) in [6, 6.07) is 22.8. The Morgan fingerprint density at radius 2 is 1.62 bits per heavy atom. The maximum absolute atomic E-state index is 12.9. The highest BCUT2D eigenvalue weighted by molar-refractivity contribution is 6.09. The van der Waals surface area contributed by atoms with Crippen LogP contribution in [0.25, 0.3) is 22.0 Å². The predicted molar refractivity (Wildman–Crippen MR) is 132 cm³/mol. The highest BCUT2D eigenvalue weighted by atomic mass is 16.5. The summed E-state index contributed by atoms with van der Waals surface area (Å²) in [5.74, 6) is 1.57. The molecule has 0 unspecified atom stereocenters. The van der Waals surface area contributed by atoms with Crippen molar-refractivity contribution in [1.82, 2.24) is 15.5 Å². The van der Waals surface area contributed by atoms with Crippen LogP contribution in [0.3, 0.4) is 0 Å². The Hall–Kier alpha value is -4.13.